The van der Waals surface area contributed by atoms with Crippen molar-refractivity contribution in [1.82, 2.24) is 14.5 Å². The van der Waals surface area contributed by atoms with Crippen LogP contribution in [0.3, 0.4) is 0 Å². The molecule has 4 rings (SSSR count). The van der Waals surface area contributed by atoms with E-state index in [4.69, 9.17) is 0 Å². The number of aliphatic imine (C=N–C) groups is 1. The third-order valence-corrected chi connectivity index (χ3v) is 6.43. The van der Waals surface area contributed by atoms with Crippen molar-refractivity contribution in [1.29, 1.82) is 0 Å². The van der Waals surface area contributed by atoms with E-state index in [-0.39, 0.29) is 10.7 Å². The molecule has 0 radical (unpaired) electrons. The van der Waals surface area contributed by atoms with Gasteiger partial charge < -0.3 is 5.32 Å². The fourth-order valence-corrected chi connectivity index (χ4v) is 4.62. The summed E-state index contributed by atoms with van der Waals surface area (Å²) in [5.41, 5.74) is 1.97. The van der Waals surface area contributed by atoms with Crippen molar-refractivity contribution in [2.75, 3.05) is 11.9 Å². The Bertz CT molecular complexity index is 1280. The number of aromatic nitrogens is 2. The van der Waals surface area contributed by atoms with E-state index >= 15 is 0 Å². The molecular weight excluding hydrogens is 433 g/mol. The third-order valence-electron chi connectivity index (χ3n) is 5.05. The number of amidine groups is 1. The predicted molar refractivity (Wildman–Crippen MR) is 119 cm³/mol. The molecule has 0 aliphatic carbocycles. The molecule has 32 heavy (non-hydrogen) atoms. The topological polar surface area (TPSA) is 105 Å². The molecule has 0 atom stereocenters. The highest BCUT2D eigenvalue weighted by Gasteiger charge is 2.20. The summed E-state index contributed by atoms with van der Waals surface area (Å²) in [6.07, 6.45) is 3.37. The zero-order valence-electron chi connectivity index (χ0n) is 17.4. The number of nitrogens with one attached hydrogen (secondary N) is 2. The minimum Gasteiger partial charge on any atom is -0.322 e. The van der Waals surface area contributed by atoms with Crippen LogP contribution < -0.4 is 10.0 Å². The van der Waals surface area contributed by atoms with Gasteiger partial charge in [-0.25, -0.2) is 17.5 Å². The quantitative estimate of drug-likeness (QED) is 0.595. The van der Waals surface area contributed by atoms with Crippen molar-refractivity contribution in [3.05, 3.63) is 71.8 Å². The Morgan fingerprint density at radius 2 is 1.97 bits per heavy atom. The van der Waals surface area contributed by atoms with Crippen molar-refractivity contribution in [2.45, 2.75) is 31.1 Å². The van der Waals surface area contributed by atoms with Crippen LogP contribution in [0.1, 0.15) is 35.8 Å². The highest BCUT2D eigenvalue weighted by atomic mass is 32.2. The zero-order valence-corrected chi connectivity index (χ0v) is 18.2. The molecule has 2 N–H and O–H groups in total. The number of benzene rings is 2. The smallest absolute Gasteiger partial charge is 0.262 e. The Morgan fingerprint density at radius 3 is 2.66 bits per heavy atom. The van der Waals surface area contributed by atoms with Gasteiger partial charge in [-0.3, -0.25) is 14.5 Å². The van der Waals surface area contributed by atoms with Gasteiger partial charge in [0.1, 0.15) is 11.7 Å². The number of hydrogen-bond donors (Lipinski definition) is 2. The average Bonchev–Trinajstić information content (AvgIpc) is 3.44. The Balaban J connectivity index is 1.56. The summed E-state index contributed by atoms with van der Waals surface area (Å²) in [5.74, 6) is -0.334. The van der Waals surface area contributed by atoms with Crippen LogP contribution in [-0.4, -0.2) is 36.5 Å². The van der Waals surface area contributed by atoms with Gasteiger partial charge in [0.15, 0.2) is 0 Å². The van der Waals surface area contributed by atoms with Gasteiger partial charge in [0.25, 0.3) is 15.9 Å². The second-order valence-electron chi connectivity index (χ2n) is 7.27. The normalized spacial score (nSPS) is 13.6. The minimum absolute atomic E-state index is 0.0302. The molecule has 0 spiro atoms. The second-order valence-corrected chi connectivity index (χ2v) is 8.95. The Hall–Kier alpha value is -3.53. The van der Waals surface area contributed by atoms with Crippen LogP contribution in [0.2, 0.25) is 0 Å². The summed E-state index contributed by atoms with van der Waals surface area (Å²) < 4.78 is 42.6. The van der Waals surface area contributed by atoms with Gasteiger partial charge in [0.2, 0.25) is 0 Å². The standard InChI is InChI=1S/C22H22FN5O3S/c1-2-20-19(14-25-28(20)17-10-8-15(23)9-11-17)22(29)26-16-5-3-6-18(13-16)32(30,31)27-21-7-4-12-24-21/h3,5-6,8-11,13-14H,2,4,7,12H2,1H3,(H,24,27)(H,26,29). The van der Waals surface area contributed by atoms with E-state index in [0.717, 1.165) is 6.42 Å². The highest BCUT2D eigenvalue weighted by molar-refractivity contribution is 7.90. The number of rotatable bonds is 6. The van der Waals surface area contributed by atoms with E-state index in [2.05, 4.69) is 20.1 Å². The summed E-state index contributed by atoms with van der Waals surface area (Å²) >= 11 is 0. The molecule has 1 amide bonds. The monoisotopic (exact) mass is 455 g/mol. The highest BCUT2D eigenvalue weighted by Crippen LogP contribution is 2.20. The zero-order chi connectivity index (χ0) is 22.7. The maximum Gasteiger partial charge on any atom is 0.262 e. The molecule has 0 saturated heterocycles. The van der Waals surface area contributed by atoms with E-state index in [1.807, 2.05) is 6.92 Å². The molecule has 1 aliphatic rings. The van der Waals surface area contributed by atoms with Crippen molar-refractivity contribution < 1.29 is 17.6 Å². The first-order valence-electron chi connectivity index (χ1n) is 10.2. The number of carbonyl (C=O) groups is 1. The van der Waals surface area contributed by atoms with Crippen LogP contribution in [0.5, 0.6) is 0 Å². The molecular formula is C22H22FN5O3S. The Morgan fingerprint density at radius 1 is 1.19 bits per heavy atom. The maximum absolute atomic E-state index is 13.2. The van der Waals surface area contributed by atoms with Crippen LogP contribution >= 0.6 is 0 Å². The van der Waals surface area contributed by atoms with Crippen LogP contribution in [0.4, 0.5) is 10.1 Å². The fourth-order valence-electron chi connectivity index (χ4n) is 3.48. The van der Waals surface area contributed by atoms with Gasteiger partial charge in [-0.15, -0.1) is 0 Å². The lowest BCUT2D eigenvalue weighted by Crippen LogP contribution is -2.29. The number of halogens is 1. The molecule has 1 aromatic heterocycles. The SMILES string of the molecule is CCc1c(C(=O)Nc2cccc(S(=O)(=O)NC3=NCCC3)c2)cnn1-c1ccc(F)cc1. The lowest BCUT2D eigenvalue weighted by Gasteiger charge is -2.11. The molecule has 0 saturated carbocycles. The summed E-state index contributed by atoms with van der Waals surface area (Å²) in [7, 11) is -3.79. The molecule has 2 heterocycles. The van der Waals surface area contributed by atoms with Gasteiger partial charge in [0.05, 0.1) is 28.0 Å². The number of nitrogens with zero attached hydrogens (tertiary/aromatic N) is 3. The number of sulfonamides is 1. The molecule has 3 aromatic rings. The molecule has 0 unspecified atom stereocenters. The van der Waals surface area contributed by atoms with E-state index < -0.39 is 15.9 Å². The molecule has 166 valence electrons. The molecule has 0 bridgehead atoms. The molecule has 0 fully saturated rings. The average molecular weight is 456 g/mol. The fraction of sp³-hybridized carbons (Fsp3) is 0.227. The van der Waals surface area contributed by atoms with Gasteiger partial charge in [0, 0.05) is 18.7 Å². The van der Waals surface area contributed by atoms with Crippen molar-refractivity contribution in [3.8, 4) is 5.69 Å². The summed E-state index contributed by atoms with van der Waals surface area (Å²) in [6.45, 7) is 2.50. The van der Waals surface area contributed by atoms with Gasteiger partial charge in [-0.1, -0.05) is 13.0 Å². The summed E-state index contributed by atoms with van der Waals surface area (Å²) in [5, 5.41) is 7.02. The van der Waals surface area contributed by atoms with E-state index in [1.54, 1.807) is 28.9 Å². The number of amides is 1. The van der Waals surface area contributed by atoms with Crippen molar-refractivity contribution in [3.63, 3.8) is 0 Å². The first-order chi connectivity index (χ1) is 15.4. The number of hydrogen-bond acceptors (Lipinski definition) is 5. The van der Waals surface area contributed by atoms with E-state index in [0.29, 0.717) is 47.9 Å². The lowest BCUT2D eigenvalue weighted by atomic mass is 10.2. The van der Waals surface area contributed by atoms with Crippen LogP contribution in [-0.2, 0) is 16.4 Å². The lowest BCUT2D eigenvalue weighted by molar-refractivity contribution is 0.102. The number of anilines is 1. The van der Waals surface area contributed by atoms with Crippen molar-refractivity contribution >= 4 is 27.5 Å². The van der Waals surface area contributed by atoms with E-state index in [9.17, 15) is 17.6 Å². The molecule has 1 aliphatic heterocycles. The Kier molecular flexibility index (Phi) is 6.04. The summed E-state index contributed by atoms with van der Waals surface area (Å²) in [6, 6.07) is 11.8. The molecule has 10 heteroatoms. The largest absolute Gasteiger partial charge is 0.322 e. The van der Waals surface area contributed by atoms with E-state index in [1.165, 1.54) is 30.5 Å². The minimum atomic E-state index is -3.79. The van der Waals surface area contributed by atoms with Gasteiger partial charge >= 0.3 is 0 Å². The first kappa shape index (κ1) is 21.7. The summed E-state index contributed by atoms with van der Waals surface area (Å²) in [4.78, 5) is 17.1. The van der Waals surface area contributed by atoms with Crippen LogP contribution in [0, 0.1) is 5.82 Å². The van der Waals surface area contributed by atoms with Gasteiger partial charge in [-0.2, -0.15) is 5.10 Å². The first-order valence-corrected chi connectivity index (χ1v) is 11.7. The maximum atomic E-state index is 13.2. The molecule has 2 aromatic carbocycles. The second kappa shape index (κ2) is 8.91. The van der Waals surface area contributed by atoms with Crippen LogP contribution in [0.25, 0.3) is 5.69 Å². The number of carbonyl (C=O) groups excluding carboxylic acids is 1. The molecule has 8 nitrogen and oxygen atoms in total. The van der Waals surface area contributed by atoms with Crippen LogP contribution in [0.15, 0.2) is 64.6 Å². The third kappa shape index (κ3) is 4.54. The van der Waals surface area contributed by atoms with Gasteiger partial charge in [-0.05, 0) is 55.3 Å². The van der Waals surface area contributed by atoms with Crippen molar-refractivity contribution in [2.24, 2.45) is 4.99 Å². The Labute approximate surface area is 185 Å². The predicted octanol–water partition coefficient (Wildman–Crippen LogP) is 3.30.